The fourth-order valence-electron chi connectivity index (χ4n) is 1.61. The van der Waals surface area contributed by atoms with Crippen molar-refractivity contribution in [1.29, 1.82) is 0 Å². The molecule has 2 amide bonds. The van der Waals surface area contributed by atoms with Crippen molar-refractivity contribution in [3.05, 3.63) is 18.0 Å². The van der Waals surface area contributed by atoms with Crippen LogP contribution in [0.25, 0.3) is 0 Å². The molecule has 0 aromatic carbocycles. The Morgan fingerprint density at radius 1 is 1.50 bits per heavy atom. The SMILES string of the molecule is CCSCC(C)NC(=O)NC(C(=O)O)c1cnn(C)c1. The van der Waals surface area contributed by atoms with Crippen molar-refractivity contribution < 1.29 is 14.7 Å². The summed E-state index contributed by atoms with van der Waals surface area (Å²) >= 11 is 1.71. The maximum atomic E-state index is 11.8. The summed E-state index contributed by atoms with van der Waals surface area (Å²) in [4.78, 5) is 23.0. The average molecular weight is 300 g/mol. The quantitative estimate of drug-likeness (QED) is 0.698. The number of hydrogen-bond donors (Lipinski definition) is 3. The summed E-state index contributed by atoms with van der Waals surface area (Å²) in [5, 5.41) is 18.2. The van der Waals surface area contributed by atoms with Gasteiger partial charge in [-0.1, -0.05) is 6.92 Å². The third-order valence-electron chi connectivity index (χ3n) is 2.53. The van der Waals surface area contributed by atoms with Gasteiger partial charge in [0.2, 0.25) is 0 Å². The lowest BCUT2D eigenvalue weighted by Crippen LogP contribution is -2.45. The maximum Gasteiger partial charge on any atom is 0.331 e. The van der Waals surface area contributed by atoms with E-state index in [0.717, 1.165) is 11.5 Å². The Hall–Kier alpha value is -1.70. The van der Waals surface area contributed by atoms with Gasteiger partial charge in [0, 0.05) is 30.6 Å². The minimum Gasteiger partial charge on any atom is -0.479 e. The monoisotopic (exact) mass is 300 g/mol. The molecule has 0 aliphatic rings. The molecule has 0 aliphatic heterocycles. The first kappa shape index (κ1) is 16.4. The average Bonchev–Trinajstić information content (AvgIpc) is 2.79. The summed E-state index contributed by atoms with van der Waals surface area (Å²) in [6.07, 6.45) is 2.99. The number of rotatable bonds is 7. The van der Waals surface area contributed by atoms with Gasteiger partial charge in [-0.25, -0.2) is 9.59 Å². The molecule has 112 valence electrons. The van der Waals surface area contributed by atoms with Crippen molar-refractivity contribution in [2.75, 3.05) is 11.5 Å². The number of carbonyl (C=O) groups is 2. The zero-order chi connectivity index (χ0) is 15.1. The number of nitrogens with zero attached hydrogens (tertiary/aromatic N) is 2. The van der Waals surface area contributed by atoms with Gasteiger partial charge in [0.15, 0.2) is 6.04 Å². The van der Waals surface area contributed by atoms with Gasteiger partial charge in [-0.2, -0.15) is 16.9 Å². The lowest BCUT2D eigenvalue weighted by atomic mass is 10.1. The molecule has 1 aromatic heterocycles. The number of aromatic nitrogens is 2. The molecular weight excluding hydrogens is 280 g/mol. The highest BCUT2D eigenvalue weighted by atomic mass is 32.2. The summed E-state index contributed by atoms with van der Waals surface area (Å²) < 4.78 is 1.49. The van der Waals surface area contributed by atoms with E-state index in [1.165, 1.54) is 10.9 Å². The van der Waals surface area contributed by atoms with Crippen LogP contribution in [0, 0.1) is 0 Å². The summed E-state index contributed by atoms with van der Waals surface area (Å²) in [5.74, 6) is 0.638. The molecule has 0 spiro atoms. The van der Waals surface area contributed by atoms with Crippen molar-refractivity contribution >= 4 is 23.8 Å². The highest BCUT2D eigenvalue weighted by Gasteiger charge is 2.23. The standard InChI is InChI=1S/C12H20N4O3S/c1-4-20-7-8(2)14-12(19)15-10(11(17)18)9-5-13-16(3)6-9/h5-6,8,10H,4,7H2,1-3H3,(H,17,18)(H2,14,15,19). The molecule has 20 heavy (non-hydrogen) atoms. The molecule has 7 nitrogen and oxygen atoms in total. The first-order valence-corrected chi connectivity index (χ1v) is 7.45. The van der Waals surface area contributed by atoms with Crippen LogP contribution in [0.1, 0.15) is 25.5 Å². The van der Waals surface area contributed by atoms with Gasteiger partial charge >= 0.3 is 12.0 Å². The van der Waals surface area contributed by atoms with Crippen molar-refractivity contribution in [1.82, 2.24) is 20.4 Å². The van der Waals surface area contributed by atoms with E-state index >= 15 is 0 Å². The summed E-state index contributed by atoms with van der Waals surface area (Å²) in [5.41, 5.74) is 0.436. The second-order valence-electron chi connectivity index (χ2n) is 4.40. The van der Waals surface area contributed by atoms with Gasteiger partial charge in [0.05, 0.1) is 6.20 Å². The number of urea groups is 1. The van der Waals surface area contributed by atoms with E-state index in [0.29, 0.717) is 5.56 Å². The zero-order valence-corrected chi connectivity index (χ0v) is 12.6. The lowest BCUT2D eigenvalue weighted by molar-refractivity contribution is -0.139. The van der Waals surface area contributed by atoms with E-state index in [9.17, 15) is 14.7 Å². The van der Waals surface area contributed by atoms with Gasteiger partial charge in [0.25, 0.3) is 0 Å². The van der Waals surface area contributed by atoms with E-state index in [1.807, 2.05) is 13.8 Å². The molecule has 1 aromatic rings. The van der Waals surface area contributed by atoms with Crippen LogP contribution >= 0.6 is 11.8 Å². The molecule has 2 atom stereocenters. The summed E-state index contributed by atoms with van der Waals surface area (Å²) in [7, 11) is 1.69. The number of aliphatic carboxylic acids is 1. The molecule has 3 N–H and O–H groups in total. The first-order chi connectivity index (χ1) is 9.43. The Bertz CT molecular complexity index is 463. The molecular formula is C12H20N4O3S. The van der Waals surface area contributed by atoms with E-state index in [1.54, 1.807) is 25.0 Å². The Morgan fingerprint density at radius 2 is 2.20 bits per heavy atom. The first-order valence-electron chi connectivity index (χ1n) is 6.30. The van der Waals surface area contributed by atoms with Crippen LogP contribution < -0.4 is 10.6 Å². The third-order valence-corrected chi connectivity index (χ3v) is 3.67. The fourth-order valence-corrected chi connectivity index (χ4v) is 2.28. The molecule has 8 heteroatoms. The number of carboxylic acid groups (broad SMARTS) is 1. The maximum absolute atomic E-state index is 11.8. The van der Waals surface area contributed by atoms with Crippen LogP contribution in [0.2, 0.25) is 0 Å². The highest BCUT2D eigenvalue weighted by Crippen LogP contribution is 2.11. The van der Waals surface area contributed by atoms with Crippen molar-refractivity contribution in [3.8, 4) is 0 Å². The number of thioether (sulfide) groups is 1. The molecule has 0 saturated carbocycles. The molecule has 2 unspecified atom stereocenters. The minimum absolute atomic E-state index is 0.0247. The Balaban J connectivity index is 2.58. The van der Waals surface area contributed by atoms with E-state index in [-0.39, 0.29) is 6.04 Å². The normalized spacial score (nSPS) is 13.6. The number of carboxylic acids is 1. The molecule has 1 rings (SSSR count). The highest BCUT2D eigenvalue weighted by molar-refractivity contribution is 7.99. The predicted octanol–water partition coefficient (Wildman–Crippen LogP) is 0.987. The van der Waals surface area contributed by atoms with Gasteiger partial charge in [-0.15, -0.1) is 0 Å². The summed E-state index contributed by atoms with van der Waals surface area (Å²) in [6.45, 7) is 3.92. The van der Waals surface area contributed by atoms with Crippen LogP contribution in [0.3, 0.4) is 0 Å². The third kappa shape index (κ3) is 5.12. The van der Waals surface area contributed by atoms with Gasteiger partial charge in [-0.3, -0.25) is 4.68 Å². The number of nitrogens with one attached hydrogen (secondary N) is 2. The van der Waals surface area contributed by atoms with Crippen LogP contribution in [0.15, 0.2) is 12.4 Å². The molecule has 1 heterocycles. The predicted molar refractivity (Wildman–Crippen MR) is 77.7 cm³/mol. The molecule has 0 bridgehead atoms. The smallest absolute Gasteiger partial charge is 0.331 e. The molecule has 0 saturated heterocycles. The van der Waals surface area contributed by atoms with Crippen LogP contribution in [0.4, 0.5) is 4.79 Å². The van der Waals surface area contributed by atoms with E-state index < -0.39 is 18.0 Å². The number of carbonyl (C=O) groups excluding carboxylic acids is 1. The van der Waals surface area contributed by atoms with Gasteiger partial charge < -0.3 is 15.7 Å². The fraction of sp³-hybridized carbons (Fsp3) is 0.583. The number of aryl methyl sites for hydroxylation is 1. The topological polar surface area (TPSA) is 96.2 Å². The molecule has 0 aliphatic carbocycles. The van der Waals surface area contributed by atoms with E-state index in [4.69, 9.17) is 0 Å². The Morgan fingerprint density at radius 3 is 2.70 bits per heavy atom. The second kappa shape index (κ2) is 7.78. The Kier molecular flexibility index (Phi) is 6.37. The largest absolute Gasteiger partial charge is 0.479 e. The van der Waals surface area contributed by atoms with Crippen molar-refractivity contribution in [2.45, 2.75) is 25.9 Å². The molecule has 0 fully saturated rings. The number of hydrogen-bond acceptors (Lipinski definition) is 4. The lowest BCUT2D eigenvalue weighted by Gasteiger charge is -2.17. The van der Waals surface area contributed by atoms with Crippen molar-refractivity contribution in [3.63, 3.8) is 0 Å². The van der Waals surface area contributed by atoms with Crippen LogP contribution in [0.5, 0.6) is 0 Å². The summed E-state index contributed by atoms with van der Waals surface area (Å²) in [6, 6.07) is -1.62. The van der Waals surface area contributed by atoms with Gasteiger partial charge in [0.1, 0.15) is 0 Å². The minimum atomic E-state index is -1.12. The van der Waals surface area contributed by atoms with Crippen LogP contribution in [-0.4, -0.2) is 44.4 Å². The molecule has 0 radical (unpaired) electrons. The van der Waals surface area contributed by atoms with E-state index in [2.05, 4.69) is 15.7 Å². The van der Waals surface area contributed by atoms with Crippen molar-refractivity contribution in [2.24, 2.45) is 7.05 Å². The van der Waals surface area contributed by atoms with Gasteiger partial charge in [-0.05, 0) is 12.7 Å². The second-order valence-corrected chi connectivity index (χ2v) is 5.72. The zero-order valence-electron chi connectivity index (χ0n) is 11.8. The Labute approximate surface area is 122 Å². The number of amides is 2. The van der Waals surface area contributed by atoms with Crippen LogP contribution in [-0.2, 0) is 11.8 Å².